The van der Waals surface area contributed by atoms with Gasteiger partial charge >= 0.3 is 5.69 Å². The van der Waals surface area contributed by atoms with Crippen LogP contribution < -0.4 is 16.6 Å². The molecule has 0 amide bonds. The number of aryl methyl sites for hydroxylation is 1. The van der Waals surface area contributed by atoms with E-state index in [2.05, 4.69) is 10.3 Å². The third kappa shape index (κ3) is 1.99. The van der Waals surface area contributed by atoms with E-state index in [1.54, 1.807) is 14.1 Å². The maximum Gasteiger partial charge on any atom is 0.332 e. The number of imidazole rings is 1. The maximum atomic E-state index is 12.3. The first-order valence-electron chi connectivity index (χ1n) is 7.42. The van der Waals surface area contributed by atoms with Crippen LogP contribution in [0.3, 0.4) is 0 Å². The predicted octanol–water partition coefficient (Wildman–Crippen LogP) is 0.981. The molecule has 114 valence electrons. The normalized spacial score (nSPS) is 16.5. The largest absolute Gasteiger partial charge is 0.359 e. The van der Waals surface area contributed by atoms with Crippen molar-refractivity contribution in [3.05, 3.63) is 20.8 Å². The van der Waals surface area contributed by atoms with Gasteiger partial charge in [0.2, 0.25) is 5.95 Å². The van der Waals surface area contributed by atoms with Gasteiger partial charge in [-0.3, -0.25) is 18.5 Å². The topological polar surface area (TPSA) is 73.8 Å². The fourth-order valence-electron chi connectivity index (χ4n) is 3.31. The zero-order valence-corrected chi connectivity index (χ0v) is 12.7. The lowest BCUT2D eigenvalue weighted by atomic mass is 9.95. The van der Waals surface area contributed by atoms with Crippen LogP contribution >= 0.6 is 0 Å². The molecule has 0 bridgehead atoms. The molecule has 0 atom stereocenters. The van der Waals surface area contributed by atoms with Crippen molar-refractivity contribution in [3.8, 4) is 0 Å². The van der Waals surface area contributed by atoms with Gasteiger partial charge < -0.3 is 5.32 Å². The first-order valence-corrected chi connectivity index (χ1v) is 7.42. The summed E-state index contributed by atoms with van der Waals surface area (Å²) in [5.74, 6) is 0.662. The molecule has 7 heteroatoms. The molecule has 21 heavy (non-hydrogen) atoms. The molecule has 0 unspecified atom stereocenters. The standard InChI is InChI=1S/C14H21N5O2/c1-15-13-16-10-11(17(2)14(21)18(3)12(10)20)19(13)9-7-5-4-6-8-9/h9H,4-8H2,1-3H3,(H,15,16). The Bertz CT molecular complexity index is 792. The van der Waals surface area contributed by atoms with Crippen molar-refractivity contribution in [2.24, 2.45) is 14.1 Å². The summed E-state index contributed by atoms with van der Waals surface area (Å²) in [7, 11) is 4.98. The molecule has 7 nitrogen and oxygen atoms in total. The minimum absolute atomic E-state index is 0.295. The van der Waals surface area contributed by atoms with Gasteiger partial charge in [-0.15, -0.1) is 0 Å². The minimum Gasteiger partial charge on any atom is -0.359 e. The van der Waals surface area contributed by atoms with Crippen molar-refractivity contribution in [2.45, 2.75) is 38.1 Å². The van der Waals surface area contributed by atoms with Crippen molar-refractivity contribution in [2.75, 3.05) is 12.4 Å². The number of hydrogen-bond donors (Lipinski definition) is 1. The Hall–Kier alpha value is -2.05. The Morgan fingerprint density at radius 3 is 2.38 bits per heavy atom. The number of anilines is 1. The molecule has 0 radical (unpaired) electrons. The summed E-state index contributed by atoms with van der Waals surface area (Å²) in [5, 5.41) is 3.06. The molecule has 1 fully saturated rings. The van der Waals surface area contributed by atoms with Crippen molar-refractivity contribution >= 4 is 17.1 Å². The molecule has 1 aliphatic carbocycles. The van der Waals surface area contributed by atoms with Gasteiger partial charge in [-0.25, -0.2) is 9.78 Å². The number of aromatic nitrogens is 4. The van der Waals surface area contributed by atoms with Gasteiger partial charge in [-0.2, -0.15) is 0 Å². The van der Waals surface area contributed by atoms with E-state index in [9.17, 15) is 9.59 Å². The first kappa shape index (κ1) is 13.9. The van der Waals surface area contributed by atoms with Crippen molar-refractivity contribution in [3.63, 3.8) is 0 Å². The highest BCUT2D eigenvalue weighted by atomic mass is 16.2. The second-order valence-corrected chi connectivity index (χ2v) is 5.73. The predicted molar refractivity (Wildman–Crippen MR) is 81.9 cm³/mol. The number of fused-ring (bicyclic) bond motifs is 1. The third-order valence-corrected chi connectivity index (χ3v) is 4.45. The van der Waals surface area contributed by atoms with Gasteiger partial charge in [0, 0.05) is 27.2 Å². The van der Waals surface area contributed by atoms with Gasteiger partial charge in [0.05, 0.1) is 0 Å². The maximum absolute atomic E-state index is 12.3. The van der Waals surface area contributed by atoms with Gasteiger partial charge in [0.15, 0.2) is 11.2 Å². The van der Waals surface area contributed by atoms with E-state index in [0.717, 1.165) is 17.4 Å². The Balaban J connectivity index is 2.37. The van der Waals surface area contributed by atoms with Crippen LogP contribution in [0.15, 0.2) is 9.59 Å². The van der Waals surface area contributed by atoms with E-state index in [4.69, 9.17) is 0 Å². The minimum atomic E-state index is -0.334. The van der Waals surface area contributed by atoms with Crippen LogP contribution in [0.25, 0.3) is 11.2 Å². The van der Waals surface area contributed by atoms with Gasteiger partial charge in [0.1, 0.15) is 0 Å². The second kappa shape index (κ2) is 5.05. The Labute approximate surface area is 122 Å². The number of nitrogens with one attached hydrogen (secondary N) is 1. The Kier molecular flexibility index (Phi) is 3.35. The first-order chi connectivity index (χ1) is 10.1. The summed E-state index contributed by atoms with van der Waals surface area (Å²) in [5.41, 5.74) is 0.333. The molecule has 1 aliphatic rings. The average Bonchev–Trinajstić information content (AvgIpc) is 2.91. The SMILES string of the molecule is CNc1nc2c(=O)n(C)c(=O)n(C)c2n1C1CCCCC1. The Morgan fingerprint density at radius 2 is 1.76 bits per heavy atom. The van der Waals surface area contributed by atoms with Crippen LogP contribution in [0.4, 0.5) is 5.95 Å². The van der Waals surface area contributed by atoms with E-state index in [0.29, 0.717) is 23.2 Å². The summed E-state index contributed by atoms with van der Waals surface area (Å²) in [4.78, 5) is 28.9. The summed E-state index contributed by atoms with van der Waals surface area (Å²) in [6.07, 6.45) is 5.71. The van der Waals surface area contributed by atoms with Crippen LogP contribution in [0.2, 0.25) is 0 Å². The van der Waals surface area contributed by atoms with Crippen molar-refractivity contribution < 1.29 is 0 Å². The zero-order chi connectivity index (χ0) is 15.1. The van der Waals surface area contributed by atoms with Crippen LogP contribution in [-0.4, -0.2) is 25.7 Å². The molecule has 0 spiro atoms. The summed E-state index contributed by atoms with van der Waals surface area (Å²) >= 11 is 0. The molecule has 0 aromatic carbocycles. The molecule has 1 saturated carbocycles. The molecular formula is C14H21N5O2. The van der Waals surface area contributed by atoms with E-state index < -0.39 is 0 Å². The quantitative estimate of drug-likeness (QED) is 0.895. The molecule has 2 heterocycles. The highest BCUT2D eigenvalue weighted by molar-refractivity contribution is 5.74. The van der Waals surface area contributed by atoms with Crippen LogP contribution in [0, 0.1) is 0 Å². The molecule has 3 rings (SSSR count). The summed E-state index contributed by atoms with van der Waals surface area (Å²) in [6.45, 7) is 0. The lowest BCUT2D eigenvalue weighted by Gasteiger charge is -2.25. The van der Waals surface area contributed by atoms with Crippen molar-refractivity contribution in [1.82, 2.24) is 18.7 Å². The van der Waals surface area contributed by atoms with Crippen LogP contribution in [-0.2, 0) is 14.1 Å². The second-order valence-electron chi connectivity index (χ2n) is 5.73. The molecular weight excluding hydrogens is 270 g/mol. The number of nitrogens with zero attached hydrogens (tertiary/aromatic N) is 4. The summed E-state index contributed by atoms with van der Waals surface area (Å²) < 4.78 is 4.68. The van der Waals surface area contributed by atoms with Crippen LogP contribution in [0.1, 0.15) is 38.1 Å². The fraction of sp³-hybridized carbons (Fsp3) is 0.643. The van der Waals surface area contributed by atoms with E-state index in [1.165, 1.54) is 30.9 Å². The van der Waals surface area contributed by atoms with E-state index >= 15 is 0 Å². The number of hydrogen-bond acceptors (Lipinski definition) is 4. The lowest BCUT2D eigenvalue weighted by Crippen LogP contribution is -2.37. The lowest BCUT2D eigenvalue weighted by molar-refractivity contribution is 0.359. The van der Waals surface area contributed by atoms with Gasteiger partial charge in [0.25, 0.3) is 5.56 Å². The third-order valence-electron chi connectivity index (χ3n) is 4.45. The van der Waals surface area contributed by atoms with Crippen molar-refractivity contribution in [1.29, 1.82) is 0 Å². The fourth-order valence-corrected chi connectivity index (χ4v) is 3.31. The van der Waals surface area contributed by atoms with Crippen LogP contribution in [0.5, 0.6) is 0 Å². The average molecular weight is 291 g/mol. The molecule has 2 aromatic rings. The molecule has 0 saturated heterocycles. The molecule has 1 N–H and O–H groups in total. The van der Waals surface area contributed by atoms with Gasteiger partial charge in [-0.1, -0.05) is 19.3 Å². The highest BCUT2D eigenvalue weighted by Gasteiger charge is 2.24. The Morgan fingerprint density at radius 1 is 1.10 bits per heavy atom. The van der Waals surface area contributed by atoms with E-state index in [-0.39, 0.29) is 11.2 Å². The molecule has 0 aliphatic heterocycles. The monoisotopic (exact) mass is 291 g/mol. The van der Waals surface area contributed by atoms with Gasteiger partial charge in [-0.05, 0) is 12.8 Å². The van der Waals surface area contributed by atoms with E-state index in [1.807, 2.05) is 4.57 Å². The zero-order valence-electron chi connectivity index (χ0n) is 12.7. The summed E-state index contributed by atoms with van der Waals surface area (Å²) in [6, 6.07) is 0.295. The smallest absolute Gasteiger partial charge is 0.332 e. The molecule has 2 aromatic heterocycles. The number of rotatable bonds is 2. The highest BCUT2D eigenvalue weighted by Crippen LogP contribution is 2.32.